The second-order valence-corrected chi connectivity index (χ2v) is 6.66. The number of hydrogen-bond donors (Lipinski definition) is 0. The molecule has 0 N–H and O–H groups in total. The number of piperidine rings is 1. The number of nitrogens with zero attached hydrogens (tertiary/aromatic N) is 2. The van der Waals surface area contributed by atoms with Gasteiger partial charge in [0, 0.05) is 24.7 Å². The first-order valence-corrected chi connectivity index (χ1v) is 9.16. The highest BCUT2D eigenvalue weighted by molar-refractivity contribution is 5.92. The first-order chi connectivity index (χ1) is 13.2. The van der Waals surface area contributed by atoms with Gasteiger partial charge in [-0.25, -0.2) is 4.79 Å². The maximum absolute atomic E-state index is 12.5. The smallest absolute Gasteiger partial charge is 0.338 e. The van der Waals surface area contributed by atoms with Crippen molar-refractivity contribution in [3.05, 3.63) is 39.4 Å². The second kappa shape index (κ2) is 9.29. The molecule has 1 aromatic rings. The summed E-state index contributed by atoms with van der Waals surface area (Å²) in [6.07, 6.45) is 0.0154. The van der Waals surface area contributed by atoms with E-state index in [1.165, 1.54) is 32.0 Å². The number of aryl methyl sites for hydroxylation is 1. The standard InChI is InChI=1S/C19H24N2O7/c1-4-27-18(23)14-7-9-20(10-8-14)17(22)13(3)28-19(24)15-5-6-16(21(25)26)12(2)11-15/h5-6,11,13-14H,4,7-10H2,1-3H3. The summed E-state index contributed by atoms with van der Waals surface area (Å²) in [5.41, 5.74) is 0.383. The maximum Gasteiger partial charge on any atom is 0.338 e. The van der Waals surface area contributed by atoms with Gasteiger partial charge in [-0.15, -0.1) is 0 Å². The Morgan fingerprint density at radius 1 is 1.29 bits per heavy atom. The Kier molecular flexibility index (Phi) is 7.08. The average Bonchev–Trinajstić information content (AvgIpc) is 2.67. The van der Waals surface area contributed by atoms with Crippen molar-refractivity contribution in [3.63, 3.8) is 0 Å². The maximum atomic E-state index is 12.5. The summed E-state index contributed by atoms with van der Waals surface area (Å²) in [7, 11) is 0. The van der Waals surface area contributed by atoms with Gasteiger partial charge in [-0.1, -0.05) is 0 Å². The van der Waals surface area contributed by atoms with Crippen LogP contribution in [0.15, 0.2) is 18.2 Å². The summed E-state index contributed by atoms with van der Waals surface area (Å²) in [4.78, 5) is 48.4. The minimum absolute atomic E-state index is 0.0925. The predicted molar refractivity (Wildman–Crippen MR) is 98.6 cm³/mol. The monoisotopic (exact) mass is 392 g/mol. The van der Waals surface area contributed by atoms with Gasteiger partial charge in [0.15, 0.2) is 6.10 Å². The molecule has 1 aliphatic rings. The quantitative estimate of drug-likeness (QED) is 0.414. The van der Waals surface area contributed by atoms with E-state index in [9.17, 15) is 24.5 Å². The van der Waals surface area contributed by atoms with E-state index in [0.29, 0.717) is 38.1 Å². The molecule has 2 rings (SSSR count). The highest BCUT2D eigenvalue weighted by Gasteiger charge is 2.31. The van der Waals surface area contributed by atoms with Crippen molar-refractivity contribution in [2.24, 2.45) is 5.92 Å². The van der Waals surface area contributed by atoms with E-state index in [-0.39, 0.29) is 29.0 Å². The van der Waals surface area contributed by atoms with Crippen LogP contribution in [0.5, 0.6) is 0 Å². The zero-order chi connectivity index (χ0) is 20.8. The normalized spacial score (nSPS) is 15.6. The molecule has 1 aliphatic heterocycles. The summed E-state index contributed by atoms with van der Waals surface area (Å²) in [6, 6.07) is 3.90. The lowest BCUT2D eigenvalue weighted by Crippen LogP contribution is -2.45. The Balaban J connectivity index is 1.92. The largest absolute Gasteiger partial charge is 0.466 e. The molecular formula is C19H24N2O7. The van der Waals surface area contributed by atoms with Crippen molar-refractivity contribution in [2.45, 2.75) is 39.7 Å². The van der Waals surface area contributed by atoms with Gasteiger partial charge < -0.3 is 14.4 Å². The molecule has 0 spiro atoms. The number of rotatable bonds is 6. The fraction of sp³-hybridized carbons (Fsp3) is 0.526. The van der Waals surface area contributed by atoms with Gasteiger partial charge in [-0.2, -0.15) is 0 Å². The molecule has 1 unspecified atom stereocenters. The Morgan fingerprint density at radius 2 is 1.93 bits per heavy atom. The van der Waals surface area contributed by atoms with Gasteiger partial charge in [0.05, 0.1) is 23.0 Å². The topological polar surface area (TPSA) is 116 Å². The highest BCUT2D eigenvalue weighted by atomic mass is 16.6. The van der Waals surface area contributed by atoms with Crippen LogP contribution >= 0.6 is 0 Å². The Hall–Kier alpha value is -2.97. The third-order valence-corrected chi connectivity index (χ3v) is 4.69. The molecule has 1 atom stereocenters. The molecule has 1 heterocycles. The molecule has 1 saturated heterocycles. The second-order valence-electron chi connectivity index (χ2n) is 6.66. The molecular weight excluding hydrogens is 368 g/mol. The van der Waals surface area contributed by atoms with Crippen molar-refractivity contribution < 1.29 is 28.8 Å². The molecule has 28 heavy (non-hydrogen) atoms. The molecule has 1 fully saturated rings. The molecule has 1 aromatic carbocycles. The van der Waals surface area contributed by atoms with Gasteiger partial charge in [-0.3, -0.25) is 19.7 Å². The fourth-order valence-corrected chi connectivity index (χ4v) is 3.12. The van der Waals surface area contributed by atoms with Gasteiger partial charge >= 0.3 is 11.9 Å². The third-order valence-electron chi connectivity index (χ3n) is 4.69. The number of ether oxygens (including phenoxy) is 2. The zero-order valence-corrected chi connectivity index (χ0v) is 16.2. The number of likely N-dealkylation sites (tertiary alicyclic amines) is 1. The minimum atomic E-state index is -0.998. The van der Waals surface area contributed by atoms with E-state index in [2.05, 4.69) is 0 Å². The summed E-state index contributed by atoms with van der Waals surface area (Å²) in [5.74, 6) is -1.53. The molecule has 9 heteroatoms. The summed E-state index contributed by atoms with van der Waals surface area (Å²) < 4.78 is 10.2. The molecule has 0 bridgehead atoms. The summed E-state index contributed by atoms with van der Waals surface area (Å²) in [5, 5.41) is 10.9. The first kappa shape index (κ1) is 21.3. The third kappa shape index (κ3) is 5.05. The highest BCUT2D eigenvalue weighted by Crippen LogP contribution is 2.21. The lowest BCUT2D eigenvalue weighted by molar-refractivity contribution is -0.385. The van der Waals surface area contributed by atoms with Crippen molar-refractivity contribution in [2.75, 3.05) is 19.7 Å². The van der Waals surface area contributed by atoms with Crippen LogP contribution in [-0.4, -0.2) is 53.5 Å². The molecule has 1 amide bonds. The predicted octanol–water partition coefficient (Wildman–Crippen LogP) is 2.25. The molecule has 0 aromatic heterocycles. The first-order valence-electron chi connectivity index (χ1n) is 9.16. The van der Waals surface area contributed by atoms with Crippen molar-refractivity contribution in [3.8, 4) is 0 Å². The number of benzene rings is 1. The minimum Gasteiger partial charge on any atom is -0.466 e. The van der Waals surface area contributed by atoms with Crippen LogP contribution in [0.4, 0.5) is 5.69 Å². The summed E-state index contributed by atoms with van der Waals surface area (Å²) in [6.45, 7) is 5.86. The zero-order valence-electron chi connectivity index (χ0n) is 16.2. The number of nitro benzene ring substituents is 1. The van der Waals surface area contributed by atoms with E-state index in [4.69, 9.17) is 9.47 Å². The van der Waals surface area contributed by atoms with Crippen LogP contribution in [0.25, 0.3) is 0 Å². The van der Waals surface area contributed by atoms with Crippen molar-refractivity contribution >= 4 is 23.5 Å². The van der Waals surface area contributed by atoms with Gasteiger partial charge in [0.25, 0.3) is 11.6 Å². The number of nitro groups is 1. The Labute approximate surface area is 162 Å². The molecule has 9 nitrogen and oxygen atoms in total. The van der Waals surface area contributed by atoms with E-state index in [0.717, 1.165) is 0 Å². The molecule has 152 valence electrons. The van der Waals surface area contributed by atoms with Crippen molar-refractivity contribution in [1.29, 1.82) is 0 Å². The molecule has 0 radical (unpaired) electrons. The van der Waals surface area contributed by atoms with Gasteiger partial charge in [0.1, 0.15) is 0 Å². The summed E-state index contributed by atoms with van der Waals surface area (Å²) >= 11 is 0. The molecule has 0 aliphatic carbocycles. The van der Waals surface area contributed by atoms with Crippen LogP contribution in [0.2, 0.25) is 0 Å². The Bertz CT molecular complexity index is 770. The lowest BCUT2D eigenvalue weighted by atomic mass is 9.97. The van der Waals surface area contributed by atoms with E-state index in [1.54, 1.807) is 11.8 Å². The average molecular weight is 392 g/mol. The number of carbonyl (C=O) groups excluding carboxylic acids is 3. The van der Waals surface area contributed by atoms with Crippen LogP contribution in [0.3, 0.4) is 0 Å². The number of hydrogen-bond acceptors (Lipinski definition) is 7. The van der Waals surface area contributed by atoms with E-state index < -0.39 is 17.0 Å². The SMILES string of the molecule is CCOC(=O)C1CCN(C(=O)C(C)OC(=O)c2ccc([N+](=O)[O-])c(C)c2)CC1. The number of amides is 1. The van der Waals surface area contributed by atoms with Crippen LogP contribution in [-0.2, 0) is 19.1 Å². The van der Waals surface area contributed by atoms with E-state index in [1.807, 2.05) is 0 Å². The van der Waals surface area contributed by atoms with Gasteiger partial charge in [-0.05, 0) is 45.7 Å². The molecule has 0 saturated carbocycles. The van der Waals surface area contributed by atoms with Crippen LogP contribution in [0.1, 0.15) is 42.6 Å². The number of esters is 2. The van der Waals surface area contributed by atoms with Gasteiger partial charge in [0.2, 0.25) is 0 Å². The van der Waals surface area contributed by atoms with Crippen LogP contribution in [0, 0.1) is 23.0 Å². The van der Waals surface area contributed by atoms with Crippen LogP contribution < -0.4 is 0 Å². The fourth-order valence-electron chi connectivity index (χ4n) is 3.12. The number of carbonyl (C=O) groups is 3. The lowest BCUT2D eigenvalue weighted by Gasteiger charge is -2.32. The Morgan fingerprint density at radius 3 is 2.46 bits per heavy atom. The van der Waals surface area contributed by atoms with E-state index >= 15 is 0 Å². The van der Waals surface area contributed by atoms with Crippen molar-refractivity contribution in [1.82, 2.24) is 4.90 Å².